The SMILES string of the molecule is Cc1nnc(NC(=O)C2(NC(=O)c3ccc(Br)cc3)CCCCC2)s1. The largest absolute Gasteiger partial charge is 0.338 e. The van der Waals surface area contributed by atoms with E-state index in [0.717, 1.165) is 28.7 Å². The van der Waals surface area contributed by atoms with Crippen LogP contribution in [-0.4, -0.2) is 27.6 Å². The van der Waals surface area contributed by atoms with Gasteiger partial charge in [0.15, 0.2) is 0 Å². The van der Waals surface area contributed by atoms with Gasteiger partial charge in [-0.2, -0.15) is 0 Å². The van der Waals surface area contributed by atoms with Gasteiger partial charge in [0.25, 0.3) is 11.8 Å². The minimum atomic E-state index is -0.901. The summed E-state index contributed by atoms with van der Waals surface area (Å²) in [6.07, 6.45) is 4.13. The number of aryl methyl sites for hydroxylation is 1. The predicted octanol–water partition coefficient (Wildman–Crippen LogP) is 3.68. The van der Waals surface area contributed by atoms with Gasteiger partial charge in [0.05, 0.1) is 0 Å². The van der Waals surface area contributed by atoms with Crippen LogP contribution in [-0.2, 0) is 4.79 Å². The van der Waals surface area contributed by atoms with Crippen molar-refractivity contribution >= 4 is 44.2 Å². The second-order valence-electron chi connectivity index (χ2n) is 6.18. The highest BCUT2D eigenvalue weighted by Gasteiger charge is 2.41. The lowest BCUT2D eigenvalue weighted by Gasteiger charge is -2.36. The lowest BCUT2D eigenvalue weighted by molar-refractivity contribution is -0.123. The van der Waals surface area contributed by atoms with E-state index in [1.54, 1.807) is 12.1 Å². The fraction of sp³-hybridized carbons (Fsp3) is 0.412. The van der Waals surface area contributed by atoms with Crippen LogP contribution in [0.15, 0.2) is 28.7 Å². The molecule has 2 aromatic rings. The fourth-order valence-corrected chi connectivity index (χ4v) is 3.87. The Morgan fingerprint density at radius 2 is 1.80 bits per heavy atom. The molecule has 1 fully saturated rings. The standard InChI is InChI=1S/C17H19BrN4O2S/c1-11-21-22-16(25-11)19-15(24)17(9-3-2-4-10-17)20-14(23)12-5-7-13(18)8-6-12/h5-8H,2-4,9-10H2,1H3,(H,20,23)(H,19,22,24). The maximum Gasteiger partial charge on any atom is 0.252 e. The molecule has 132 valence electrons. The number of carbonyl (C=O) groups is 2. The van der Waals surface area contributed by atoms with Crippen molar-refractivity contribution in [2.75, 3.05) is 5.32 Å². The van der Waals surface area contributed by atoms with Gasteiger partial charge in [-0.15, -0.1) is 10.2 Å². The predicted molar refractivity (Wildman–Crippen MR) is 101 cm³/mol. The van der Waals surface area contributed by atoms with Gasteiger partial charge in [0, 0.05) is 10.0 Å². The van der Waals surface area contributed by atoms with E-state index in [9.17, 15) is 9.59 Å². The number of aromatic nitrogens is 2. The zero-order chi connectivity index (χ0) is 17.9. The number of hydrogen-bond donors (Lipinski definition) is 2. The Morgan fingerprint density at radius 3 is 2.40 bits per heavy atom. The van der Waals surface area contributed by atoms with Gasteiger partial charge in [0.1, 0.15) is 10.5 Å². The summed E-state index contributed by atoms with van der Waals surface area (Å²) < 4.78 is 0.904. The Bertz CT molecular complexity index is 769. The van der Waals surface area contributed by atoms with E-state index >= 15 is 0 Å². The molecule has 1 aromatic heterocycles. The molecule has 1 aromatic carbocycles. The van der Waals surface area contributed by atoms with E-state index in [1.807, 2.05) is 19.1 Å². The minimum Gasteiger partial charge on any atom is -0.338 e. The number of halogens is 1. The van der Waals surface area contributed by atoms with E-state index in [1.165, 1.54) is 11.3 Å². The molecule has 1 aliphatic carbocycles. The summed E-state index contributed by atoms with van der Waals surface area (Å²) in [5, 5.41) is 14.9. The second kappa shape index (κ2) is 7.61. The van der Waals surface area contributed by atoms with Crippen LogP contribution in [0.1, 0.15) is 47.5 Å². The van der Waals surface area contributed by atoms with Crippen molar-refractivity contribution in [3.63, 3.8) is 0 Å². The Balaban J connectivity index is 1.79. The molecule has 0 bridgehead atoms. The van der Waals surface area contributed by atoms with Gasteiger partial charge in [-0.3, -0.25) is 14.9 Å². The summed E-state index contributed by atoms with van der Waals surface area (Å²) in [6.45, 7) is 1.83. The quantitative estimate of drug-likeness (QED) is 0.786. The molecule has 1 aliphatic rings. The van der Waals surface area contributed by atoms with Crippen molar-refractivity contribution in [2.24, 2.45) is 0 Å². The highest BCUT2D eigenvalue weighted by Crippen LogP contribution is 2.30. The van der Waals surface area contributed by atoms with Crippen LogP contribution in [0.4, 0.5) is 5.13 Å². The number of nitrogens with one attached hydrogen (secondary N) is 2. The van der Waals surface area contributed by atoms with Crippen LogP contribution in [0.25, 0.3) is 0 Å². The van der Waals surface area contributed by atoms with Crippen LogP contribution in [0.2, 0.25) is 0 Å². The monoisotopic (exact) mass is 422 g/mol. The normalized spacial score (nSPS) is 16.2. The smallest absolute Gasteiger partial charge is 0.252 e. The molecule has 0 aliphatic heterocycles. The molecule has 3 rings (SSSR count). The summed E-state index contributed by atoms with van der Waals surface area (Å²) in [4.78, 5) is 25.6. The van der Waals surface area contributed by atoms with Gasteiger partial charge >= 0.3 is 0 Å². The number of anilines is 1. The summed E-state index contributed by atoms with van der Waals surface area (Å²) in [5.41, 5.74) is -0.366. The first-order chi connectivity index (χ1) is 12.0. The van der Waals surface area contributed by atoms with Crippen LogP contribution < -0.4 is 10.6 Å². The van der Waals surface area contributed by atoms with Crippen LogP contribution >= 0.6 is 27.3 Å². The molecule has 2 amide bonds. The number of nitrogens with zero attached hydrogens (tertiary/aromatic N) is 2. The third-order valence-corrected chi connectivity index (χ3v) is 5.63. The maximum atomic E-state index is 12.9. The number of carbonyl (C=O) groups excluding carboxylic acids is 2. The van der Waals surface area contributed by atoms with Gasteiger partial charge in [0.2, 0.25) is 5.13 Å². The minimum absolute atomic E-state index is 0.214. The average molecular weight is 423 g/mol. The third kappa shape index (κ3) is 4.24. The van der Waals surface area contributed by atoms with Crippen molar-refractivity contribution in [1.82, 2.24) is 15.5 Å². The van der Waals surface area contributed by atoms with Gasteiger partial charge in [-0.1, -0.05) is 46.5 Å². The first-order valence-electron chi connectivity index (χ1n) is 8.18. The summed E-state index contributed by atoms with van der Waals surface area (Å²) >= 11 is 4.68. The highest BCUT2D eigenvalue weighted by molar-refractivity contribution is 9.10. The molecule has 6 nitrogen and oxygen atoms in total. The second-order valence-corrected chi connectivity index (χ2v) is 8.28. The Kier molecular flexibility index (Phi) is 5.48. The van der Waals surface area contributed by atoms with E-state index in [4.69, 9.17) is 0 Å². The molecule has 0 spiro atoms. The van der Waals surface area contributed by atoms with Crippen LogP contribution in [0, 0.1) is 6.92 Å². The topological polar surface area (TPSA) is 84.0 Å². The highest BCUT2D eigenvalue weighted by atomic mass is 79.9. The fourth-order valence-electron chi connectivity index (χ4n) is 3.02. The molecule has 0 atom stereocenters. The number of rotatable bonds is 4. The van der Waals surface area contributed by atoms with E-state index in [-0.39, 0.29) is 11.8 Å². The Labute approximate surface area is 158 Å². The van der Waals surface area contributed by atoms with Crippen molar-refractivity contribution in [1.29, 1.82) is 0 Å². The lowest BCUT2D eigenvalue weighted by Crippen LogP contribution is -2.57. The third-order valence-electron chi connectivity index (χ3n) is 4.35. The molecule has 2 N–H and O–H groups in total. The van der Waals surface area contributed by atoms with E-state index < -0.39 is 5.54 Å². The lowest BCUT2D eigenvalue weighted by atomic mass is 9.80. The van der Waals surface area contributed by atoms with Crippen LogP contribution in [0.3, 0.4) is 0 Å². The van der Waals surface area contributed by atoms with Crippen LogP contribution in [0.5, 0.6) is 0 Å². The summed E-state index contributed by atoms with van der Waals surface area (Å²) in [6, 6.07) is 7.10. The molecular formula is C17H19BrN4O2S. The van der Waals surface area contributed by atoms with Crippen molar-refractivity contribution < 1.29 is 9.59 Å². The van der Waals surface area contributed by atoms with Crippen molar-refractivity contribution in [3.05, 3.63) is 39.3 Å². The summed E-state index contributed by atoms with van der Waals surface area (Å²) in [7, 11) is 0. The molecule has 0 radical (unpaired) electrons. The average Bonchev–Trinajstić information content (AvgIpc) is 3.01. The molecule has 8 heteroatoms. The molecule has 1 heterocycles. The molecule has 1 saturated carbocycles. The molecule has 0 unspecified atom stereocenters. The first kappa shape index (κ1) is 18.0. The summed E-state index contributed by atoms with van der Waals surface area (Å²) in [5.74, 6) is -0.452. The number of benzene rings is 1. The van der Waals surface area contributed by atoms with Gasteiger partial charge in [-0.05, 0) is 44.0 Å². The number of hydrogen-bond acceptors (Lipinski definition) is 5. The van der Waals surface area contributed by atoms with Gasteiger partial charge < -0.3 is 5.32 Å². The zero-order valence-corrected chi connectivity index (χ0v) is 16.2. The zero-order valence-electron chi connectivity index (χ0n) is 13.8. The maximum absolute atomic E-state index is 12.9. The van der Waals surface area contributed by atoms with Crippen molar-refractivity contribution in [2.45, 2.75) is 44.6 Å². The molecular weight excluding hydrogens is 404 g/mol. The van der Waals surface area contributed by atoms with E-state index in [0.29, 0.717) is 23.5 Å². The Morgan fingerprint density at radius 1 is 1.12 bits per heavy atom. The van der Waals surface area contributed by atoms with Gasteiger partial charge in [-0.25, -0.2) is 0 Å². The first-order valence-corrected chi connectivity index (χ1v) is 9.79. The Hall–Kier alpha value is -1.80. The molecule has 25 heavy (non-hydrogen) atoms. The van der Waals surface area contributed by atoms with Crippen molar-refractivity contribution in [3.8, 4) is 0 Å². The number of amides is 2. The molecule has 0 saturated heterocycles. The van der Waals surface area contributed by atoms with E-state index in [2.05, 4.69) is 36.8 Å².